The van der Waals surface area contributed by atoms with Gasteiger partial charge in [0.2, 0.25) is 0 Å². The Morgan fingerprint density at radius 1 is 1.15 bits per heavy atom. The van der Waals surface area contributed by atoms with Crippen molar-refractivity contribution in [2.45, 2.75) is 19.5 Å². The summed E-state index contributed by atoms with van der Waals surface area (Å²) in [5, 5.41) is 8.21. The number of benzene rings is 1. The molecule has 0 spiro atoms. The summed E-state index contributed by atoms with van der Waals surface area (Å²) in [6.07, 6.45) is 5.72. The van der Waals surface area contributed by atoms with Crippen LogP contribution in [0.3, 0.4) is 0 Å². The first-order chi connectivity index (χ1) is 12.5. The number of aryl methyl sites for hydroxylation is 2. The molecule has 0 aliphatic rings. The quantitative estimate of drug-likeness (QED) is 0.712. The average molecular weight is 349 g/mol. The van der Waals surface area contributed by atoms with Crippen LogP contribution in [0.4, 0.5) is 0 Å². The van der Waals surface area contributed by atoms with Gasteiger partial charge in [-0.3, -0.25) is 9.67 Å². The lowest BCUT2D eigenvalue weighted by Gasteiger charge is -2.25. The maximum Gasteiger partial charge on any atom is 0.0983 e. The molecule has 2 aromatic heterocycles. The highest BCUT2D eigenvalue weighted by atomic mass is 15.3. The normalized spacial score (nSPS) is 12.5. The van der Waals surface area contributed by atoms with E-state index in [0.29, 0.717) is 6.04 Å². The third-order valence-electron chi connectivity index (χ3n) is 4.58. The Bertz CT molecular complexity index is 821. The summed E-state index contributed by atoms with van der Waals surface area (Å²) in [6, 6.07) is 13.1. The van der Waals surface area contributed by atoms with E-state index in [4.69, 9.17) is 0 Å². The molecule has 136 valence electrons. The Balaban J connectivity index is 1.70. The van der Waals surface area contributed by atoms with Crippen molar-refractivity contribution in [3.8, 4) is 11.3 Å². The van der Waals surface area contributed by atoms with Gasteiger partial charge in [-0.2, -0.15) is 5.10 Å². The van der Waals surface area contributed by atoms with Gasteiger partial charge in [0.25, 0.3) is 0 Å². The largest absolute Gasteiger partial charge is 0.311 e. The molecule has 0 aliphatic carbocycles. The van der Waals surface area contributed by atoms with Crippen LogP contribution in [0.1, 0.15) is 22.7 Å². The summed E-state index contributed by atoms with van der Waals surface area (Å²) in [5.41, 5.74) is 5.84. The van der Waals surface area contributed by atoms with Crippen LogP contribution in [0.25, 0.3) is 11.3 Å². The van der Waals surface area contributed by atoms with Crippen LogP contribution < -0.4 is 5.32 Å². The summed E-state index contributed by atoms with van der Waals surface area (Å²) in [4.78, 5) is 6.47. The zero-order valence-corrected chi connectivity index (χ0v) is 16.0. The molecule has 26 heavy (non-hydrogen) atoms. The second-order valence-corrected chi connectivity index (χ2v) is 6.94. The predicted molar refractivity (Wildman–Crippen MR) is 106 cm³/mol. The van der Waals surface area contributed by atoms with Gasteiger partial charge in [0.15, 0.2) is 0 Å². The number of likely N-dealkylation sites (N-methyl/N-ethyl adjacent to an activating group) is 1. The Morgan fingerprint density at radius 2 is 1.92 bits per heavy atom. The highest BCUT2D eigenvalue weighted by Gasteiger charge is 2.15. The molecule has 2 heterocycles. The van der Waals surface area contributed by atoms with Crippen molar-refractivity contribution < 1.29 is 0 Å². The van der Waals surface area contributed by atoms with E-state index in [0.717, 1.165) is 24.3 Å². The molecule has 0 bridgehead atoms. The van der Waals surface area contributed by atoms with E-state index in [2.05, 4.69) is 71.8 Å². The average Bonchev–Trinajstić information content (AvgIpc) is 3.01. The molecule has 5 heteroatoms. The molecule has 0 saturated heterocycles. The third kappa shape index (κ3) is 4.36. The van der Waals surface area contributed by atoms with Gasteiger partial charge in [-0.15, -0.1) is 0 Å². The summed E-state index contributed by atoms with van der Waals surface area (Å²) in [7, 11) is 6.20. The Hall–Kier alpha value is -2.50. The summed E-state index contributed by atoms with van der Waals surface area (Å²) in [6.45, 7) is 3.76. The highest BCUT2D eigenvalue weighted by molar-refractivity contribution is 5.61. The molecule has 5 nitrogen and oxygen atoms in total. The Kier molecular flexibility index (Phi) is 5.81. The van der Waals surface area contributed by atoms with Crippen molar-refractivity contribution in [3.05, 3.63) is 71.7 Å². The van der Waals surface area contributed by atoms with E-state index in [9.17, 15) is 0 Å². The van der Waals surface area contributed by atoms with Gasteiger partial charge in [-0.1, -0.05) is 29.8 Å². The van der Waals surface area contributed by atoms with E-state index < -0.39 is 0 Å². The van der Waals surface area contributed by atoms with E-state index >= 15 is 0 Å². The minimum atomic E-state index is 0.328. The lowest BCUT2D eigenvalue weighted by molar-refractivity contribution is 0.288. The first kappa shape index (κ1) is 18.3. The SMILES string of the molecule is Cc1ccc([C@@H](CNCc2cn(C)nc2-c2cccnc2)N(C)C)cc1. The highest BCUT2D eigenvalue weighted by Crippen LogP contribution is 2.22. The second-order valence-electron chi connectivity index (χ2n) is 6.94. The van der Waals surface area contributed by atoms with E-state index in [1.54, 1.807) is 6.20 Å². The van der Waals surface area contributed by atoms with Crippen molar-refractivity contribution in [3.63, 3.8) is 0 Å². The van der Waals surface area contributed by atoms with Crippen molar-refractivity contribution in [2.24, 2.45) is 7.05 Å². The number of rotatable bonds is 7. The predicted octanol–water partition coefficient (Wildman–Crippen LogP) is 3.18. The molecule has 1 aromatic carbocycles. The minimum absolute atomic E-state index is 0.328. The molecule has 0 radical (unpaired) electrons. The summed E-state index contributed by atoms with van der Waals surface area (Å²) in [5.74, 6) is 0. The van der Waals surface area contributed by atoms with Crippen LogP contribution in [-0.4, -0.2) is 40.3 Å². The van der Waals surface area contributed by atoms with Gasteiger partial charge in [-0.25, -0.2) is 0 Å². The lowest BCUT2D eigenvalue weighted by Crippen LogP contribution is -2.30. The van der Waals surface area contributed by atoms with Crippen molar-refractivity contribution in [2.75, 3.05) is 20.6 Å². The topological polar surface area (TPSA) is 46.0 Å². The summed E-state index contributed by atoms with van der Waals surface area (Å²) >= 11 is 0. The Labute approximate surface area is 155 Å². The molecule has 0 amide bonds. The van der Waals surface area contributed by atoms with Gasteiger partial charge < -0.3 is 10.2 Å². The molecular formula is C21H27N5. The fourth-order valence-corrected chi connectivity index (χ4v) is 3.14. The minimum Gasteiger partial charge on any atom is -0.311 e. The zero-order valence-electron chi connectivity index (χ0n) is 16.0. The van der Waals surface area contributed by atoms with Gasteiger partial charge >= 0.3 is 0 Å². The van der Waals surface area contributed by atoms with Crippen molar-refractivity contribution in [1.29, 1.82) is 0 Å². The van der Waals surface area contributed by atoms with Crippen LogP contribution in [-0.2, 0) is 13.6 Å². The van der Waals surface area contributed by atoms with E-state index in [1.165, 1.54) is 16.7 Å². The Morgan fingerprint density at radius 3 is 2.58 bits per heavy atom. The van der Waals surface area contributed by atoms with E-state index in [-0.39, 0.29) is 0 Å². The molecule has 3 rings (SSSR count). The molecular weight excluding hydrogens is 322 g/mol. The fourth-order valence-electron chi connectivity index (χ4n) is 3.14. The van der Waals surface area contributed by atoms with Crippen molar-refractivity contribution in [1.82, 2.24) is 25.0 Å². The van der Waals surface area contributed by atoms with Crippen LogP contribution in [0.2, 0.25) is 0 Å². The lowest BCUT2D eigenvalue weighted by atomic mass is 10.0. The van der Waals surface area contributed by atoms with Crippen molar-refractivity contribution >= 4 is 0 Å². The van der Waals surface area contributed by atoms with Gasteiger partial charge in [0.05, 0.1) is 5.69 Å². The third-order valence-corrected chi connectivity index (χ3v) is 4.58. The van der Waals surface area contributed by atoms with Crippen LogP contribution in [0.5, 0.6) is 0 Å². The van der Waals surface area contributed by atoms with Gasteiger partial charge in [0.1, 0.15) is 0 Å². The molecule has 0 fully saturated rings. The first-order valence-corrected chi connectivity index (χ1v) is 8.91. The number of nitrogens with one attached hydrogen (secondary N) is 1. The van der Waals surface area contributed by atoms with E-state index in [1.807, 2.05) is 30.1 Å². The number of nitrogens with zero attached hydrogens (tertiary/aromatic N) is 4. The molecule has 0 saturated carbocycles. The summed E-state index contributed by atoms with van der Waals surface area (Å²) < 4.78 is 1.86. The second kappa shape index (κ2) is 8.25. The number of aromatic nitrogens is 3. The monoisotopic (exact) mass is 349 g/mol. The van der Waals surface area contributed by atoms with Crippen LogP contribution in [0.15, 0.2) is 55.0 Å². The molecule has 3 aromatic rings. The zero-order chi connectivity index (χ0) is 18.5. The standard InChI is InChI=1S/C21H27N5/c1-16-7-9-17(10-8-16)20(25(2)3)14-23-13-19-15-26(4)24-21(19)18-6-5-11-22-12-18/h5-12,15,20,23H,13-14H2,1-4H3/t20-/m1/s1. The smallest absolute Gasteiger partial charge is 0.0983 e. The maximum atomic E-state index is 4.61. The maximum absolute atomic E-state index is 4.61. The number of pyridine rings is 1. The molecule has 0 unspecified atom stereocenters. The van der Waals surface area contributed by atoms with Crippen LogP contribution >= 0.6 is 0 Å². The first-order valence-electron chi connectivity index (χ1n) is 8.91. The molecule has 1 atom stereocenters. The molecule has 0 aliphatic heterocycles. The number of hydrogen-bond donors (Lipinski definition) is 1. The fraction of sp³-hybridized carbons (Fsp3) is 0.333. The molecule has 1 N–H and O–H groups in total. The van der Waals surface area contributed by atoms with Gasteiger partial charge in [0, 0.05) is 55.9 Å². The number of hydrogen-bond acceptors (Lipinski definition) is 4. The van der Waals surface area contributed by atoms with Crippen LogP contribution in [0, 0.1) is 6.92 Å². The van der Waals surface area contributed by atoms with Gasteiger partial charge in [-0.05, 0) is 38.7 Å².